The number of rotatable bonds is 7. The van der Waals surface area contributed by atoms with Gasteiger partial charge >= 0.3 is 5.97 Å². The summed E-state index contributed by atoms with van der Waals surface area (Å²) in [6.07, 6.45) is 4.30. The van der Waals surface area contributed by atoms with Crippen LogP contribution in [-0.2, 0) is 9.53 Å². The molecule has 0 aliphatic rings. The van der Waals surface area contributed by atoms with E-state index in [1.807, 2.05) is 31.2 Å². The van der Waals surface area contributed by atoms with Gasteiger partial charge in [0, 0.05) is 6.08 Å². The smallest absolute Gasteiger partial charge is 0.330 e. The van der Waals surface area contributed by atoms with Gasteiger partial charge < -0.3 is 21.7 Å². The topological polar surface area (TPSA) is 26.3 Å². The largest absolute Gasteiger partial charge is 1.00 e. The van der Waals surface area contributed by atoms with Crippen LogP contribution in [0.1, 0.15) is 6.92 Å². The molecule has 3 aromatic carbocycles. The van der Waals surface area contributed by atoms with Crippen molar-refractivity contribution in [2.24, 2.45) is 0 Å². The Labute approximate surface area is 178 Å². The van der Waals surface area contributed by atoms with Gasteiger partial charge in [0.25, 0.3) is 0 Å². The third-order valence-electron chi connectivity index (χ3n) is 4.51. The van der Waals surface area contributed by atoms with E-state index >= 15 is 0 Å². The summed E-state index contributed by atoms with van der Waals surface area (Å²) in [7, 11) is -1.92. The lowest BCUT2D eigenvalue weighted by atomic mass is 10.4. The van der Waals surface area contributed by atoms with E-state index in [1.165, 1.54) is 15.9 Å². The van der Waals surface area contributed by atoms with Crippen molar-refractivity contribution in [1.29, 1.82) is 0 Å². The highest BCUT2D eigenvalue weighted by Crippen LogP contribution is 2.55. The third kappa shape index (κ3) is 4.98. The van der Waals surface area contributed by atoms with Gasteiger partial charge in [0.2, 0.25) is 0 Å². The fourth-order valence-corrected chi connectivity index (χ4v) is 7.30. The summed E-state index contributed by atoms with van der Waals surface area (Å²) in [6, 6.07) is 31.9. The monoisotopic (exact) mass is 454 g/mol. The van der Waals surface area contributed by atoms with Gasteiger partial charge in [-0.15, -0.1) is 0 Å². The van der Waals surface area contributed by atoms with Crippen LogP contribution >= 0.6 is 7.26 Å². The first kappa shape index (κ1) is 22.1. The van der Waals surface area contributed by atoms with E-state index in [-0.39, 0.29) is 23.0 Å². The summed E-state index contributed by atoms with van der Waals surface area (Å²) < 4.78 is 5.06. The zero-order valence-corrected chi connectivity index (χ0v) is 18.4. The second-order valence-corrected chi connectivity index (χ2v) is 9.69. The average molecular weight is 455 g/mol. The number of esters is 1. The molecule has 0 atom stereocenters. The minimum Gasteiger partial charge on any atom is -1.00 e. The van der Waals surface area contributed by atoms with Crippen LogP contribution in [0, 0.1) is 0 Å². The summed E-state index contributed by atoms with van der Waals surface area (Å²) in [5.41, 5.74) is 0. The van der Waals surface area contributed by atoms with E-state index in [2.05, 4.69) is 72.8 Å². The Morgan fingerprint density at radius 3 is 1.54 bits per heavy atom. The van der Waals surface area contributed by atoms with Gasteiger partial charge in [-0.3, -0.25) is 0 Å². The molecule has 0 saturated heterocycles. The molecule has 0 spiro atoms. The van der Waals surface area contributed by atoms with Crippen LogP contribution in [0.5, 0.6) is 0 Å². The zero-order chi connectivity index (χ0) is 19.0. The fraction of sp³-hybridized carbons (Fsp3) is 0.125. The number of carbonyl (C=O) groups is 1. The number of ether oxygens (including phenoxy) is 1. The molecule has 0 saturated carbocycles. The Kier molecular flexibility index (Phi) is 8.63. The standard InChI is InChI=1S/C24H24O2P.BrH/c1-2-26-24(25)19-12-20-27(21-13-6-3-7-14-21,22-15-8-4-9-16-22)23-17-10-5-11-18-23;/h3-19H,2,20H2,1H3;1H/q+1;/p-1. The molecule has 0 bridgehead atoms. The molecular weight excluding hydrogens is 431 g/mol. The first-order valence-corrected chi connectivity index (χ1v) is 11.1. The van der Waals surface area contributed by atoms with E-state index < -0.39 is 7.26 Å². The maximum Gasteiger partial charge on any atom is 0.330 e. The van der Waals surface area contributed by atoms with Gasteiger partial charge in [-0.05, 0) is 49.4 Å². The Bertz CT molecular complexity index is 784. The normalized spacial score (nSPS) is 11.0. The maximum atomic E-state index is 11.8. The second-order valence-electron chi connectivity index (χ2n) is 6.15. The molecule has 3 aromatic rings. The quantitative estimate of drug-likeness (QED) is 0.303. The molecule has 4 heteroatoms. The highest BCUT2D eigenvalue weighted by molar-refractivity contribution is 7.95. The summed E-state index contributed by atoms with van der Waals surface area (Å²) in [4.78, 5) is 11.8. The number of halogens is 1. The number of allylic oxidation sites excluding steroid dienone is 1. The van der Waals surface area contributed by atoms with Crippen LogP contribution in [-0.4, -0.2) is 18.7 Å². The Morgan fingerprint density at radius 2 is 1.18 bits per heavy atom. The van der Waals surface area contributed by atoms with Gasteiger partial charge in [-0.1, -0.05) is 54.6 Å². The maximum absolute atomic E-state index is 11.8. The Balaban J connectivity index is 0.00000280. The van der Waals surface area contributed by atoms with Crippen LogP contribution in [0.4, 0.5) is 0 Å². The van der Waals surface area contributed by atoms with E-state index in [9.17, 15) is 4.79 Å². The van der Waals surface area contributed by atoms with Gasteiger partial charge in [0.15, 0.2) is 0 Å². The number of hydrogen-bond acceptors (Lipinski definition) is 2. The molecule has 0 aromatic heterocycles. The predicted octanol–water partition coefficient (Wildman–Crippen LogP) is 1.10. The Hall–Kier alpha value is -2.22. The zero-order valence-electron chi connectivity index (χ0n) is 15.9. The van der Waals surface area contributed by atoms with Crippen molar-refractivity contribution in [1.82, 2.24) is 0 Å². The number of carbonyl (C=O) groups excluding carboxylic acids is 1. The van der Waals surface area contributed by atoms with Crippen molar-refractivity contribution < 1.29 is 26.5 Å². The van der Waals surface area contributed by atoms with Crippen molar-refractivity contribution in [3.63, 3.8) is 0 Å². The molecular formula is C24H24BrO2P. The summed E-state index contributed by atoms with van der Waals surface area (Å²) in [5.74, 6) is -0.287. The molecule has 0 aliphatic heterocycles. The molecule has 0 N–H and O–H groups in total. The summed E-state index contributed by atoms with van der Waals surface area (Å²) in [6.45, 7) is 2.21. The fourth-order valence-electron chi connectivity index (χ4n) is 3.31. The third-order valence-corrected chi connectivity index (χ3v) is 8.81. The van der Waals surface area contributed by atoms with Crippen molar-refractivity contribution in [3.8, 4) is 0 Å². The molecule has 0 aliphatic carbocycles. The molecule has 28 heavy (non-hydrogen) atoms. The van der Waals surface area contributed by atoms with Crippen molar-refractivity contribution in [3.05, 3.63) is 103 Å². The van der Waals surface area contributed by atoms with Gasteiger partial charge in [0.1, 0.15) is 23.2 Å². The van der Waals surface area contributed by atoms with E-state index in [4.69, 9.17) is 4.74 Å². The van der Waals surface area contributed by atoms with Crippen LogP contribution in [0.3, 0.4) is 0 Å². The lowest BCUT2D eigenvalue weighted by Gasteiger charge is -2.26. The van der Waals surface area contributed by atoms with E-state index in [0.717, 1.165) is 6.16 Å². The predicted molar refractivity (Wildman–Crippen MR) is 116 cm³/mol. The first-order chi connectivity index (χ1) is 13.3. The molecule has 0 unspecified atom stereocenters. The van der Waals surface area contributed by atoms with E-state index in [1.54, 1.807) is 6.08 Å². The number of benzene rings is 3. The molecule has 0 radical (unpaired) electrons. The molecule has 2 nitrogen and oxygen atoms in total. The second kappa shape index (κ2) is 10.9. The molecule has 0 fully saturated rings. The summed E-state index contributed by atoms with van der Waals surface area (Å²) >= 11 is 0. The first-order valence-electron chi connectivity index (χ1n) is 9.15. The van der Waals surface area contributed by atoms with Crippen LogP contribution < -0.4 is 32.9 Å². The minimum absolute atomic E-state index is 0. The van der Waals surface area contributed by atoms with Crippen LogP contribution in [0.15, 0.2) is 103 Å². The van der Waals surface area contributed by atoms with Crippen LogP contribution in [0.25, 0.3) is 0 Å². The van der Waals surface area contributed by atoms with Gasteiger partial charge in [-0.2, -0.15) is 0 Å². The van der Waals surface area contributed by atoms with Crippen molar-refractivity contribution in [2.75, 3.05) is 12.8 Å². The van der Waals surface area contributed by atoms with Crippen molar-refractivity contribution in [2.45, 2.75) is 6.92 Å². The molecule has 0 heterocycles. The molecule has 144 valence electrons. The molecule has 0 amide bonds. The lowest BCUT2D eigenvalue weighted by molar-refractivity contribution is -0.137. The average Bonchev–Trinajstić information content (AvgIpc) is 2.73. The highest BCUT2D eigenvalue weighted by atomic mass is 79.9. The SMILES string of the molecule is CCOC(=O)C=CC[P+](c1ccccc1)(c1ccccc1)c1ccccc1.[Br-]. The van der Waals surface area contributed by atoms with Crippen LogP contribution in [0.2, 0.25) is 0 Å². The Morgan fingerprint density at radius 1 is 0.786 bits per heavy atom. The highest BCUT2D eigenvalue weighted by Gasteiger charge is 2.44. The minimum atomic E-state index is -1.92. The van der Waals surface area contributed by atoms with Gasteiger partial charge in [-0.25, -0.2) is 4.79 Å². The van der Waals surface area contributed by atoms with Gasteiger partial charge in [0.05, 0.1) is 12.8 Å². The van der Waals surface area contributed by atoms with E-state index in [0.29, 0.717) is 6.61 Å². The van der Waals surface area contributed by atoms with Crippen molar-refractivity contribution >= 4 is 29.1 Å². The summed E-state index contributed by atoms with van der Waals surface area (Å²) in [5, 5.41) is 3.91. The molecule has 3 rings (SSSR count). The number of hydrogen-bond donors (Lipinski definition) is 0. The lowest BCUT2D eigenvalue weighted by Crippen LogP contribution is -3.00.